The maximum atomic E-state index is 13.1. The predicted molar refractivity (Wildman–Crippen MR) is 203 cm³/mol. The third kappa shape index (κ3) is 6.31. The van der Waals surface area contributed by atoms with Gasteiger partial charge in [0.25, 0.3) is 0 Å². The number of ether oxygens (including phenoxy) is 5. The fraction of sp³-hybridized carbons (Fsp3) is 0.907. The average molecular weight is 809 g/mol. The molecule has 0 bridgehead atoms. The Balaban J connectivity index is 1.14. The van der Waals surface area contributed by atoms with Crippen LogP contribution in [0, 0.1) is 56.7 Å². The molecular weight excluding hydrogens is 740 g/mol. The molecule has 4 saturated carbocycles. The smallest absolute Gasteiger partial charge is 0.337 e. The van der Waals surface area contributed by atoms with Crippen molar-refractivity contribution in [2.45, 2.75) is 174 Å². The van der Waals surface area contributed by atoms with Crippen LogP contribution >= 0.6 is 0 Å². The fourth-order valence-electron chi connectivity index (χ4n) is 14.0. The van der Waals surface area contributed by atoms with E-state index in [2.05, 4.69) is 54.5 Å². The van der Waals surface area contributed by atoms with Crippen LogP contribution in [0.25, 0.3) is 0 Å². The zero-order chi connectivity index (χ0) is 41.8. The lowest BCUT2D eigenvalue weighted by molar-refractivity contribution is -0.365. The molecule has 5 aliphatic carbocycles. The summed E-state index contributed by atoms with van der Waals surface area (Å²) in [4.78, 5) is 26.0. The van der Waals surface area contributed by atoms with Crippen LogP contribution in [0.1, 0.15) is 106 Å². The van der Waals surface area contributed by atoms with E-state index in [9.17, 15) is 45.3 Å². The van der Waals surface area contributed by atoms with Gasteiger partial charge in [-0.05, 0) is 109 Å². The Morgan fingerprint density at radius 2 is 1.47 bits per heavy atom. The lowest BCUT2D eigenvalue weighted by Crippen LogP contribution is -2.67. The number of allylic oxidation sites excluding steroid dienone is 2. The van der Waals surface area contributed by atoms with Crippen molar-refractivity contribution in [1.82, 2.24) is 0 Å². The first-order chi connectivity index (χ1) is 26.6. The highest BCUT2D eigenvalue weighted by Gasteiger charge is 2.70. The Kier molecular flexibility index (Phi) is 11.4. The molecule has 7 N–H and O–H groups in total. The van der Waals surface area contributed by atoms with Gasteiger partial charge in [-0.15, -0.1) is 0 Å². The van der Waals surface area contributed by atoms with Gasteiger partial charge in [0.05, 0.1) is 25.2 Å². The zero-order valence-corrected chi connectivity index (χ0v) is 34.9. The van der Waals surface area contributed by atoms with Crippen LogP contribution in [0.15, 0.2) is 11.6 Å². The summed E-state index contributed by atoms with van der Waals surface area (Å²) in [5.74, 6) is -0.233. The number of hydrogen-bond acceptors (Lipinski definition) is 13. The maximum absolute atomic E-state index is 13.1. The molecule has 0 aromatic rings. The highest BCUT2D eigenvalue weighted by Crippen LogP contribution is 2.76. The minimum atomic E-state index is -1.82. The Morgan fingerprint density at radius 3 is 2.12 bits per heavy atom. The van der Waals surface area contributed by atoms with Crippen LogP contribution in [0.4, 0.5) is 0 Å². The molecule has 324 valence electrons. The normalized spacial score (nSPS) is 53.3. The van der Waals surface area contributed by atoms with Crippen molar-refractivity contribution in [1.29, 1.82) is 0 Å². The molecule has 7 aliphatic rings. The molecule has 2 saturated heterocycles. The van der Waals surface area contributed by atoms with Crippen molar-refractivity contribution >= 4 is 11.9 Å². The first-order valence-corrected chi connectivity index (χ1v) is 21.3. The van der Waals surface area contributed by atoms with Gasteiger partial charge in [-0.3, -0.25) is 4.79 Å². The number of esters is 1. The van der Waals surface area contributed by atoms with Crippen molar-refractivity contribution in [3.8, 4) is 0 Å². The van der Waals surface area contributed by atoms with E-state index in [1.54, 1.807) is 0 Å². The van der Waals surface area contributed by atoms with Crippen molar-refractivity contribution in [2.75, 3.05) is 13.7 Å². The highest BCUT2D eigenvalue weighted by molar-refractivity contribution is 5.77. The summed E-state index contributed by atoms with van der Waals surface area (Å²) < 4.78 is 28.9. The Hall–Kier alpha value is -1.72. The van der Waals surface area contributed by atoms with Crippen LogP contribution in [-0.4, -0.2) is 129 Å². The third-order valence-electron chi connectivity index (χ3n) is 17.8. The number of aliphatic hydroxyl groups is 6. The molecule has 0 radical (unpaired) electrons. The minimum Gasteiger partial charge on any atom is -0.481 e. The second kappa shape index (κ2) is 15.0. The number of fused-ring (bicyclic) bond motifs is 7. The minimum absolute atomic E-state index is 0.0316. The van der Waals surface area contributed by atoms with E-state index in [1.807, 2.05) is 0 Å². The van der Waals surface area contributed by atoms with Gasteiger partial charge < -0.3 is 59.4 Å². The van der Waals surface area contributed by atoms with Gasteiger partial charge in [0.1, 0.15) is 42.7 Å². The monoisotopic (exact) mass is 808 g/mol. The number of hydrogen-bond donors (Lipinski definition) is 7. The highest BCUT2D eigenvalue weighted by atomic mass is 16.7. The Morgan fingerprint density at radius 1 is 0.789 bits per heavy atom. The van der Waals surface area contributed by atoms with Gasteiger partial charge in [0, 0.05) is 0 Å². The number of carboxylic acid groups (broad SMARTS) is 1. The molecule has 0 spiro atoms. The third-order valence-corrected chi connectivity index (χ3v) is 17.8. The lowest BCUT2D eigenvalue weighted by Gasteiger charge is -2.71. The fourth-order valence-corrected chi connectivity index (χ4v) is 14.0. The van der Waals surface area contributed by atoms with Crippen LogP contribution in [0.3, 0.4) is 0 Å². The predicted octanol–water partition coefficient (Wildman–Crippen LogP) is 2.92. The molecule has 57 heavy (non-hydrogen) atoms. The van der Waals surface area contributed by atoms with E-state index in [4.69, 9.17) is 23.7 Å². The average Bonchev–Trinajstić information content (AvgIpc) is 3.16. The Bertz CT molecular complexity index is 1570. The van der Waals surface area contributed by atoms with E-state index >= 15 is 0 Å². The second-order valence-corrected chi connectivity index (χ2v) is 20.3. The molecule has 2 heterocycles. The second-order valence-electron chi connectivity index (χ2n) is 20.3. The summed E-state index contributed by atoms with van der Waals surface area (Å²) in [7, 11) is 1.13. The molecule has 0 aromatic heterocycles. The molecule has 14 heteroatoms. The van der Waals surface area contributed by atoms with Crippen molar-refractivity contribution in [2.24, 2.45) is 56.7 Å². The van der Waals surface area contributed by atoms with Crippen molar-refractivity contribution in [3.63, 3.8) is 0 Å². The molecule has 0 amide bonds. The number of carboxylic acids is 1. The molecule has 6 fully saturated rings. The van der Waals surface area contributed by atoms with Gasteiger partial charge in [0.2, 0.25) is 0 Å². The standard InChI is InChI=1S/C43H68O14/c1-20-11-16-43(38(51)52)18-17-41(6)22(27(43)21(20)2)9-10-25-40(5)14-13-26(39(3,4)24(40)12-15-42(25,41)7)55-37-32(49)33(31(48)34(57-37)35(50)53-8)56-36-30(47)29(46)28(45)23(19-44)54-36/h9,20-21,23-34,36-37,44-49H,10-19H2,1-8H3,(H,51,52)/t20-,21+,23-,24+,25-,26+,27+,28-,29+,30-,31+,32-,33+,34+,36+,37-,40+,41-,42-,43+/m1/s1. The molecule has 0 aromatic carbocycles. The molecule has 14 nitrogen and oxygen atoms in total. The summed E-state index contributed by atoms with van der Waals surface area (Å²) in [6.45, 7) is 15.6. The summed E-state index contributed by atoms with van der Waals surface area (Å²) in [5, 5.41) is 74.7. The van der Waals surface area contributed by atoms with Crippen LogP contribution in [-0.2, 0) is 33.3 Å². The van der Waals surface area contributed by atoms with Gasteiger partial charge in [0.15, 0.2) is 18.7 Å². The summed E-state index contributed by atoms with van der Waals surface area (Å²) in [6, 6.07) is 0. The molecule has 2 aliphatic heterocycles. The summed E-state index contributed by atoms with van der Waals surface area (Å²) >= 11 is 0. The maximum Gasteiger partial charge on any atom is 0.337 e. The van der Waals surface area contributed by atoms with E-state index < -0.39 is 96.9 Å². The number of methoxy groups -OCH3 is 1. The number of carbonyl (C=O) groups excluding carboxylic acids is 1. The number of carbonyl (C=O) groups is 2. The SMILES string of the molecule is COC(=O)[C@H]1O[C@@H](O[C@H]2CC[C@]3(C)[C@H]4CC=C5[C@@H]6[C@@H](C)[C@H](C)CC[C@]6(C(=O)O)CC[C@@]5(C)[C@]4(C)CC[C@H]3C2(C)C)[C@H](O)[C@@H](O[C@@H]2O[C@H](CO)[C@@H](O)[C@H](O)[C@H]2O)[C@@H]1O. The first kappa shape index (κ1) is 43.4. The van der Waals surface area contributed by atoms with E-state index in [0.29, 0.717) is 30.6 Å². The first-order valence-electron chi connectivity index (χ1n) is 21.3. The van der Waals surface area contributed by atoms with Crippen molar-refractivity contribution in [3.05, 3.63) is 11.6 Å². The molecule has 20 atom stereocenters. The van der Waals surface area contributed by atoms with Gasteiger partial charge in [-0.25, -0.2) is 4.79 Å². The van der Waals surface area contributed by atoms with Gasteiger partial charge in [-0.2, -0.15) is 0 Å². The van der Waals surface area contributed by atoms with Crippen molar-refractivity contribution < 1.29 is 69.0 Å². The molecule has 7 rings (SSSR count). The largest absolute Gasteiger partial charge is 0.481 e. The van der Waals surface area contributed by atoms with E-state index in [-0.39, 0.29) is 28.1 Å². The van der Waals surface area contributed by atoms with Crippen LogP contribution < -0.4 is 0 Å². The molecule has 0 unspecified atom stereocenters. The van der Waals surface area contributed by atoms with Crippen LogP contribution in [0.2, 0.25) is 0 Å². The number of aliphatic carboxylic acids is 1. The van der Waals surface area contributed by atoms with Gasteiger partial charge >= 0.3 is 11.9 Å². The molecular formula is C43H68O14. The Labute approximate surface area is 336 Å². The topological polar surface area (TPSA) is 222 Å². The number of aliphatic hydroxyl groups excluding tert-OH is 6. The van der Waals surface area contributed by atoms with E-state index in [0.717, 1.165) is 52.1 Å². The van der Waals surface area contributed by atoms with Gasteiger partial charge in [-0.1, -0.05) is 60.1 Å². The summed E-state index contributed by atoms with van der Waals surface area (Å²) in [5.41, 5.74) is -0.00916. The van der Waals surface area contributed by atoms with E-state index in [1.165, 1.54) is 5.57 Å². The summed E-state index contributed by atoms with van der Waals surface area (Å²) in [6.07, 6.45) is -6.93. The zero-order valence-electron chi connectivity index (χ0n) is 34.9. The number of rotatable bonds is 7. The quantitative estimate of drug-likeness (QED) is 0.112. The lowest BCUT2D eigenvalue weighted by atomic mass is 9.33. The van der Waals surface area contributed by atoms with Crippen LogP contribution in [0.5, 0.6) is 0 Å².